The molecule has 311 valence electrons. The van der Waals surface area contributed by atoms with E-state index in [4.69, 9.17) is 20.4 Å². The predicted octanol–water partition coefficient (Wildman–Crippen LogP) is 15.2. The number of imidazole rings is 1. The quantitative estimate of drug-likeness (QED) is 0.149. The third kappa shape index (κ3) is 8.89. The molecule has 1 radical (unpaired) electrons. The molecule has 9 aromatic rings. The maximum absolute atomic E-state index is 13.5. The fourth-order valence-electron chi connectivity index (χ4n) is 7.73. The van der Waals surface area contributed by atoms with Crippen LogP contribution >= 0.6 is 0 Å². The van der Waals surface area contributed by atoms with E-state index >= 15 is 0 Å². The first-order valence-corrected chi connectivity index (χ1v) is 20.2. The summed E-state index contributed by atoms with van der Waals surface area (Å²) in [7, 11) is 0. The van der Waals surface area contributed by atoms with Crippen LogP contribution in [0, 0.1) is 37.1 Å². The summed E-state index contributed by atoms with van der Waals surface area (Å²) in [6.07, 6.45) is -0.591. The minimum atomic E-state index is -2.64. The van der Waals surface area contributed by atoms with Crippen molar-refractivity contribution in [2.24, 2.45) is 5.41 Å². The third-order valence-electron chi connectivity index (χ3n) is 10.5. The topological polar surface area (TPSA) is 43.9 Å². The SMILES string of the molecule is CC(C)c1cccc(C(C)C)c1-n1c(-c2[c-]cc(F)cc2)nc2ccccc21.[2H]C([2H])([2H])c1cnc(-c2[c-]ccc3c2oc2ccccc23)cc1-c1ccc(C([2H])([2H])C(C)(C)C)cc1C([2H])([2H])[2H].[Ir]. The summed E-state index contributed by atoms with van der Waals surface area (Å²) in [5.74, 6) is 1.22. The second-order valence-electron chi connectivity index (χ2n) is 16.7. The summed E-state index contributed by atoms with van der Waals surface area (Å²) in [5.41, 5.74) is 8.11. The van der Waals surface area contributed by atoms with Crippen molar-refractivity contribution in [2.45, 2.75) is 80.4 Å². The first-order valence-electron chi connectivity index (χ1n) is 24.2. The minimum absolute atomic E-state index is 0. The Labute approximate surface area is 384 Å². The molecule has 6 heteroatoms. The number of benzene rings is 6. The molecular formula is C55H52FIrN3O-2. The van der Waals surface area contributed by atoms with E-state index in [1.165, 1.54) is 53.3 Å². The van der Waals surface area contributed by atoms with Crippen LogP contribution in [0.2, 0.25) is 0 Å². The van der Waals surface area contributed by atoms with E-state index in [2.05, 4.69) is 73.6 Å². The monoisotopic (exact) mass is 990 g/mol. The van der Waals surface area contributed by atoms with E-state index in [0.717, 1.165) is 33.2 Å². The fraction of sp³-hybridized carbons (Fsp3) is 0.236. The number of para-hydroxylation sites is 4. The van der Waals surface area contributed by atoms with Crippen LogP contribution in [0.5, 0.6) is 0 Å². The summed E-state index contributed by atoms with van der Waals surface area (Å²) >= 11 is 0. The van der Waals surface area contributed by atoms with Gasteiger partial charge in [0.25, 0.3) is 0 Å². The summed E-state index contributed by atoms with van der Waals surface area (Å²) < 4.78 is 88.5. The molecule has 0 aliphatic carbocycles. The van der Waals surface area contributed by atoms with Crippen molar-refractivity contribution in [1.82, 2.24) is 14.5 Å². The summed E-state index contributed by atoms with van der Waals surface area (Å²) in [5, 5.41) is 1.77. The summed E-state index contributed by atoms with van der Waals surface area (Å²) in [6, 6.07) is 42.6. The number of nitrogens with zero attached hydrogens (tertiary/aromatic N) is 3. The Morgan fingerprint density at radius 3 is 2.23 bits per heavy atom. The van der Waals surface area contributed by atoms with Crippen molar-refractivity contribution in [1.29, 1.82) is 0 Å². The van der Waals surface area contributed by atoms with Gasteiger partial charge in [-0.05, 0) is 100 Å². The number of hydrogen-bond acceptors (Lipinski definition) is 3. The van der Waals surface area contributed by atoms with Crippen molar-refractivity contribution in [3.8, 4) is 39.5 Å². The van der Waals surface area contributed by atoms with Gasteiger partial charge in [0.2, 0.25) is 0 Å². The van der Waals surface area contributed by atoms with Crippen LogP contribution in [-0.2, 0) is 26.5 Å². The smallest absolute Gasteiger partial charge is 0.120 e. The Balaban J connectivity index is 0.000000213. The van der Waals surface area contributed by atoms with Gasteiger partial charge >= 0.3 is 0 Å². The zero-order valence-electron chi connectivity index (χ0n) is 43.2. The maximum atomic E-state index is 13.5. The van der Waals surface area contributed by atoms with Crippen molar-refractivity contribution < 1.29 is 39.9 Å². The van der Waals surface area contributed by atoms with Gasteiger partial charge in [0.05, 0.1) is 22.4 Å². The first kappa shape index (κ1) is 34.0. The Morgan fingerprint density at radius 2 is 1.52 bits per heavy atom. The van der Waals surface area contributed by atoms with Crippen LogP contribution in [0.25, 0.3) is 72.4 Å². The molecule has 0 saturated heterocycles. The van der Waals surface area contributed by atoms with Crippen LogP contribution in [0.1, 0.15) is 99.1 Å². The summed E-state index contributed by atoms with van der Waals surface area (Å²) in [6.45, 7) is 8.86. The van der Waals surface area contributed by atoms with Gasteiger partial charge in [-0.15, -0.1) is 48.0 Å². The van der Waals surface area contributed by atoms with E-state index < -0.39 is 25.5 Å². The van der Waals surface area contributed by atoms with E-state index in [1.807, 2.05) is 48.5 Å². The Hall–Kier alpha value is -5.68. The number of aromatic nitrogens is 3. The Kier molecular flexibility index (Phi) is 9.87. The van der Waals surface area contributed by atoms with Gasteiger partial charge in [0.15, 0.2) is 0 Å². The zero-order chi connectivity index (χ0) is 49.1. The van der Waals surface area contributed by atoms with E-state index in [0.29, 0.717) is 34.3 Å². The molecule has 0 aliphatic rings. The van der Waals surface area contributed by atoms with Crippen LogP contribution in [0.15, 0.2) is 132 Å². The van der Waals surface area contributed by atoms with Crippen molar-refractivity contribution in [3.05, 3.63) is 173 Å². The summed E-state index contributed by atoms with van der Waals surface area (Å²) in [4.78, 5) is 9.35. The number of rotatable bonds is 7. The molecule has 0 bridgehead atoms. The predicted molar refractivity (Wildman–Crippen MR) is 247 cm³/mol. The molecule has 6 aromatic carbocycles. The number of hydrogen-bond donors (Lipinski definition) is 0. The standard InChI is InChI=1S/C30H28NO.C25H24FN2.Ir/c1-19-15-21(17-30(3,4)5)13-14-22(19)26-16-27(31-18-20(26)2)25-11-8-10-24-23-9-6-7-12-28(23)32-29(24)25;1-16(2)20-8-7-9-21(17(3)4)24(20)28-23-11-6-5-10-22(23)27-25(28)18-12-14-19(26)15-13-18;/h6-10,12-16,18H,17H2,1-5H3;5-12,14-17H,1-4H3;/q2*-1;/i1D3,2D3,17D2;;. The van der Waals surface area contributed by atoms with Crippen molar-refractivity contribution in [3.63, 3.8) is 0 Å². The number of halogens is 1. The Bertz CT molecular complexity index is 3280. The van der Waals surface area contributed by atoms with Crippen molar-refractivity contribution in [2.75, 3.05) is 0 Å². The molecule has 0 saturated carbocycles. The average Bonchev–Trinajstić information content (AvgIpc) is 3.87. The molecule has 0 spiro atoms. The zero-order valence-corrected chi connectivity index (χ0v) is 37.6. The molecule has 0 aliphatic heterocycles. The molecule has 4 nitrogen and oxygen atoms in total. The molecule has 0 atom stereocenters. The van der Waals surface area contributed by atoms with Crippen LogP contribution in [0.4, 0.5) is 4.39 Å². The molecule has 61 heavy (non-hydrogen) atoms. The molecule has 0 unspecified atom stereocenters. The normalized spacial score (nSPS) is 14.3. The second-order valence-corrected chi connectivity index (χ2v) is 16.7. The van der Waals surface area contributed by atoms with Gasteiger partial charge in [-0.25, -0.2) is 0 Å². The molecule has 0 N–H and O–H groups in total. The van der Waals surface area contributed by atoms with Gasteiger partial charge in [-0.1, -0.05) is 132 Å². The molecule has 3 heterocycles. The first-order chi connectivity index (χ1) is 32.0. The third-order valence-corrected chi connectivity index (χ3v) is 10.5. The van der Waals surface area contributed by atoms with Gasteiger partial charge in [-0.2, -0.15) is 0 Å². The number of furan rings is 1. The number of pyridine rings is 1. The van der Waals surface area contributed by atoms with E-state index in [1.54, 1.807) is 39.0 Å². The van der Waals surface area contributed by atoms with E-state index in [-0.39, 0.29) is 53.7 Å². The van der Waals surface area contributed by atoms with Gasteiger partial charge in [-0.3, -0.25) is 9.37 Å². The number of fused-ring (bicyclic) bond motifs is 4. The maximum Gasteiger partial charge on any atom is 0.120 e. The minimum Gasteiger partial charge on any atom is -0.501 e. The number of aryl methyl sites for hydroxylation is 2. The molecule has 9 rings (SSSR count). The fourth-order valence-corrected chi connectivity index (χ4v) is 7.73. The molecule has 0 fully saturated rings. The Morgan fingerprint density at radius 1 is 0.787 bits per heavy atom. The van der Waals surface area contributed by atoms with Gasteiger partial charge in [0, 0.05) is 54.2 Å². The van der Waals surface area contributed by atoms with E-state index in [9.17, 15) is 4.39 Å². The molecular weight excluding hydrogens is 930 g/mol. The average molecular weight is 990 g/mol. The van der Waals surface area contributed by atoms with Crippen molar-refractivity contribution >= 4 is 33.0 Å². The molecule has 0 amide bonds. The van der Waals surface area contributed by atoms with Gasteiger partial charge in [0.1, 0.15) is 5.58 Å². The second kappa shape index (κ2) is 17.7. The molecule has 3 aromatic heterocycles. The van der Waals surface area contributed by atoms with Gasteiger partial charge < -0.3 is 14.0 Å². The van der Waals surface area contributed by atoms with Crippen LogP contribution < -0.4 is 0 Å². The van der Waals surface area contributed by atoms with Crippen LogP contribution in [0.3, 0.4) is 0 Å². The van der Waals surface area contributed by atoms with Crippen LogP contribution in [-0.4, -0.2) is 14.5 Å². The largest absolute Gasteiger partial charge is 0.501 e.